The molecule has 0 aliphatic rings. The number of hydrogen-bond donors (Lipinski definition) is 1. The summed E-state index contributed by atoms with van der Waals surface area (Å²) in [7, 11) is 0. The summed E-state index contributed by atoms with van der Waals surface area (Å²) in [5, 5.41) is 3.26. The van der Waals surface area contributed by atoms with E-state index in [1.165, 1.54) is 0 Å². The van der Waals surface area contributed by atoms with E-state index in [1.54, 1.807) is 23.3 Å². The van der Waals surface area contributed by atoms with Crippen molar-refractivity contribution in [2.75, 3.05) is 6.54 Å². The smallest absolute Gasteiger partial charge is 0.266 e. The van der Waals surface area contributed by atoms with Crippen LogP contribution in [-0.4, -0.2) is 16.1 Å². The van der Waals surface area contributed by atoms with E-state index in [4.69, 9.17) is 4.42 Å². The Bertz CT molecular complexity index is 563. The fourth-order valence-electron chi connectivity index (χ4n) is 1.63. The average Bonchev–Trinajstić information content (AvgIpc) is 2.86. The topological polar surface area (TPSA) is 60.1 Å². The first-order valence-electron chi connectivity index (χ1n) is 5.62. The lowest BCUT2D eigenvalue weighted by Crippen LogP contribution is -2.30. The number of furan rings is 1. The molecule has 0 spiro atoms. The number of aromatic nitrogens is 2. The highest BCUT2D eigenvalue weighted by Crippen LogP contribution is 1.99. The third kappa shape index (κ3) is 3.20. The quantitative estimate of drug-likeness (QED) is 0.650. The van der Waals surface area contributed by atoms with Crippen LogP contribution in [0.4, 0.5) is 0 Å². The van der Waals surface area contributed by atoms with Crippen molar-refractivity contribution in [1.29, 1.82) is 0 Å². The highest BCUT2D eigenvalue weighted by atomic mass is 127. The first kappa shape index (κ1) is 13.3. The van der Waals surface area contributed by atoms with Crippen molar-refractivity contribution < 1.29 is 4.42 Å². The van der Waals surface area contributed by atoms with Crippen molar-refractivity contribution in [3.05, 3.63) is 50.1 Å². The Morgan fingerprint density at radius 2 is 2.39 bits per heavy atom. The zero-order chi connectivity index (χ0) is 13.0. The lowest BCUT2D eigenvalue weighted by atomic mass is 10.3. The van der Waals surface area contributed by atoms with Crippen LogP contribution in [0.3, 0.4) is 0 Å². The molecule has 18 heavy (non-hydrogen) atoms. The molecule has 2 aromatic heterocycles. The second-order valence-corrected chi connectivity index (χ2v) is 5.08. The fraction of sp³-hybridized carbons (Fsp3) is 0.333. The Balaban J connectivity index is 1.91. The van der Waals surface area contributed by atoms with Gasteiger partial charge in [0, 0.05) is 31.4 Å². The van der Waals surface area contributed by atoms with Crippen LogP contribution >= 0.6 is 22.6 Å². The highest BCUT2D eigenvalue weighted by Gasteiger charge is 2.04. The summed E-state index contributed by atoms with van der Waals surface area (Å²) < 4.78 is 7.31. The van der Waals surface area contributed by atoms with Crippen LogP contribution in [0.25, 0.3) is 0 Å². The molecule has 0 amide bonds. The summed E-state index contributed by atoms with van der Waals surface area (Å²) >= 11 is 2.01. The summed E-state index contributed by atoms with van der Waals surface area (Å²) in [5.74, 6) is 0.741. The molecular weight excluding hydrogens is 345 g/mol. The molecule has 0 aliphatic heterocycles. The molecule has 0 unspecified atom stereocenters. The third-order valence-electron chi connectivity index (χ3n) is 2.63. The van der Waals surface area contributed by atoms with Crippen molar-refractivity contribution in [2.45, 2.75) is 20.0 Å². The van der Waals surface area contributed by atoms with E-state index < -0.39 is 0 Å². The van der Waals surface area contributed by atoms with E-state index >= 15 is 0 Å². The molecule has 2 rings (SSSR count). The maximum atomic E-state index is 11.9. The molecule has 0 saturated carbocycles. The van der Waals surface area contributed by atoms with Crippen molar-refractivity contribution in [3.8, 4) is 0 Å². The van der Waals surface area contributed by atoms with Gasteiger partial charge in [0.2, 0.25) is 0 Å². The van der Waals surface area contributed by atoms with E-state index in [1.807, 2.05) is 35.6 Å². The number of nitrogens with zero attached hydrogens (tertiary/aromatic N) is 2. The molecule has 5 nitrogen and oxygen atoms in total. The van der Waals surface area contributed by atoms with Gasteiger partial charge < -0.3 is 9.73 Å². The second-order valence-electron chi connectivity index (χ2n) is 3.92. The average molecular weight is 359 g/mol. The minimum absolute atomic E-state index is 0.0215. The van der Waals surface area contributed by atoms with Crippen LogP contribution in [0, 0.1) is 10.5 Å². The largest absolute Gasteiger partial charge is 0.472 e. The Morgan fingerprint density at radius 1 is 1.56 bits per heavy atom. The van der Waals surface area contributed by atoms with Crippen LogP contribution in [0.1, 0.15) is 11.4 Å². The van der Waals surface area contributed by atoms with Gasteiger partial charge in [0.25, 0.3) is 5.56 Å². The molecule has 0 saturated heterocycles. The van der Waals surface area contributed by atoms with Crippen LogP contribution < -0.4 is 10.9 Å². The maximum absolute atomic E-state index is 11.9. The van der Waals surface area contributed by atoms with Gasteiger partial charge in [-0.1, -0.05) is 0 Å². The van der Waals surface area contributed by atoms with Gasteiger partial charge in [-0.15, -0.1) is 0 Å². The minimum Gasteiger partial charge on any atom is -0.472 e. The molecule has 0 radical (unpaired) electrons. The molecule has 0 aliphatic carbocycles. The van der Waals surface area contributed by atoms with Gasteiger partial charge in [-0.2, -0.15) is 0 Å². The molecule has 2 aromatic rings. The van der Waals surface area contributed by atoms with Crippen LogP contribution in [-0.2, 0) is 13.1 Å². The maximum Gasteiger partial charge on any atom is 0.266 e. The standard InChI is InChI=1S/C12H14IN3O2/c1-9-15-7-11(13)12(17)16(9)4-3-14-6-10-2-5-18-8-10/h2,5,7-8,14H,3-4,6H2,1H3. The molecule has 0 atom stereocenters. The summed E-state index contributed by atoms with van der Waals surface area (Å²) in [5.41, 5.74) is 1.12. The Labute approximate surface area is 118 Å². The minimum atomic E-state index is 0.0215. The molecule has 1 N–H and O–H groups in total. The second kappa shape index (κ2) is 6.14. The monoisotopic (exact) mass is 359 g/mol. The molecule has 96 valence electrons. The van der Waals surface area contributed by atoms with E-state index in [0.717, 1.165) is 17.9 Å². The van der Waals surface area contributed by atoms with Crippen molar-refractivity contribution in [3.63, 3.8) is 0 Å². The molecule has 0 fully saturated rings. The summed E-state index contributed by atoms with van der Waals surface area (Å²) in [4.78, 5) is 16.1. The Hall–Kier alpha value is -1.15. The Morgan fingerprint density at radius 3 is 3.11 bits per heavy atom. The number of hydrogen-bond acceptors (Lipinski definition) is 4. The predicted octanol–water partition coefficient (Wildman–Crippen LogP) is 1.54. The van der Waals surface area contributed by atoms with Crippen molar-refractivity contribution >= 4 is 22.6 Å². The van der Waals surface area contributed by atoms with Crippen molar-refractivity contribution in [2.24, 2.45) is 0 Å². The molecule has 2 heterocycles. The van der Waals surface area contributed by atoms with E-state index in [2.05, 4.69) is 10.3 Å². The number of nitrogens with one attached hydrogen (secondary N) is 1. The van der Waals surface area contributed by atoms with Gasteiger partial charge in [0.1, 0.15) is 5.82 Å². The van der Waals surface area contributed by atoms with Crippen molar-refractivity contribution in [1.82, 2.24) is 14.9 Å². The fourth-order valence-corrected chi connectivity index (χ4v) is 2.06. The zero-order valence-electron chi connectivity index (χ0n) is 10.0. The van der Waals surface area contributed by atoms with Gasteiger partial charge in [-0.3, -0.25) is 9.36 Å². The number of rotatable bonds is 5. The summed E-state index contributed by atoms with van der Waals surface area (Å²) in [6.07, 6.45) is 4.96. The first-order valence-corrected chi connectivity index (χ1v) is 6.70. The first-order chi connectivity index (χ1) is 8.68. The molecule has 0 bridgehead atoms. The van der Waals surface area contributed by atoms with E-state index in [9.17, 15) is 4.79 Å². The molecular formula is C12H14IN3O2. The predicted molar refractivity (Wildman–Crippen MR) is 76.4 cm³/mol. The lowest BCUT2D eigenvalue weighted by Gasteiger charge is -2.09. The van der Waals surface area contributed by atoms with Gasteiger partial charge in [-0.05, 0) is 35.6 Å². The van der Waals surface area contributed by atoms with Gasteiger partial charge >= 0.3 is 0 Å². The highest BCUT2D eigenvalue weighted by molar-refractivity contribution is 14.1. The normalized spacial score (nSPS) is 10.8. The molecule has 6 heteroatoms. The lowest BCUT2D eigenvalue weighted by molar-refractivity contribution is 0.547. The van der Waals surface area contributed by atoms with Gasteiger partial charge in [0.05, 0.1) is 16.1 Å². The molecule has 0 aromatic carbocycles. The third-order valence-corrected chi connectivity index (χ3v) is 3.37. The van der Waals surface area contributed by atoms with Crippen LogP contribution in [0.15, 0.2) is 34.0 Å². The van der Waals surface area contributed by atoms with Gasteiger partial charge in [-0.25, -0.2) is 4.98 Å². The zero-order valence-corrected chi connectivity index (χ0v) is 12.2. The van der Waals surface area contributed by atoms with E-state index in [-0.39, 0.29) is 5.56 Å². The summed E-state index contributed by atoms with van der Waals surface area (Å²) in [6, 6.07) is 1.91. The van der Waals surface area contributed by atoms with Crippen LogP contribution in [0.2, 0.25) is 0 Å². The number of aryl methyl sites for hydroxylation is 1. The van der Waals surface area contributed by atoms with Crippen LogP contribution in [0.5, 0.6) is 0 Å². The number of halogens is 1. The van der Waals surface area contributed by atoms with Gasteiger partial charge in [0.15, 0.2) is 0 Å². The van der Waals surface area contributed by atoms with E-state index in [0.29, 0.717) is 16.7 Å². The SMILES string of the molecule is Cc1ncc(I)c(=O)n1CCNCc1ccoc1. The Kier molecular flexibility index (Phi) is 4.54. The summed E-state index contributed by atoms with van der Waals surface area (Å²) in [6.45, 7) is 3.91.